The van der Waals surface area contributed by atoms with Crippen LogP contribution in [0.1, 0.15) is 42.0 Å². The summed E-state index contributed by atoms with van der Waals surface area (Å²) in [4.78, 5) is 2.65. The van der Waals surface area contributed by atoms with Gasteiger partial charge in [-0.15, -0.1) is 11.3 Å². The van der Waals surface area contributed by atoms with Crippen LogP contribution in [0.5, 0.6) is 0 Å². The van der Waals surface area contributed by atoms with E-state index in [0.717, 1.165) is 19.3 Å². The second-order valence-corrected chi connectivity index (χ2v) is 14.0. The molecule has 0 atom stereocenters. The summed E-state index contributed by atoms with van der Waals surface area (Å²) >= 11 is 1.91. The van der Waals surface area contributed by atoms with E-state index >= 15 is 0 Å². The maximum atomic E-state index is 2.46. The summed E-state index contributed by atoms with van der Waals surface area (Å²) in [6.45, 7) is 4.41. The van der Waals surface area contributed by atoms with Crippen molar-refractivity contribution in [3.05, 3.63) is 161 Å². The topological polar surface area (TPSA) is 0 Å². The van der Waals surface area contributed by atoms with Crippen LogP contribution in [-0.4, -0.2) is 0 Å². The number of fused-ring (bicyclic) bond motifs is 5. The molecule has 0 nitrogen and oxygen atoms in total. The number of thiophene rings is 1. The highest BCUT2D eigenvalue weighted by atomic mass is 32.1. The lowest BCUT2D eigenvalue weighted by Gasteiger charge is -2.21. The highest BCUT2D eigenvalue weighted by molar-refractivity contribution is 7.18. The molecule has 0 saturated carbocycles. The van der Waals surface area contributed by atoms with Gasteiger partial charge in [-0.2, -0.15) is 0 Å². The average Bonchev–Trinajstić information content (AvgIpc) is 3.74. The predicted octanol–water partition coefficient (Wildman–Crippen LogP) is 13.1. The van der Waals surface area contributed by atoms with Crippen molar-refractivity contribution in [1.29, 1.82) is 0 Å². The SMILES string of the molecule is CC1=CC=C(c2c3ccccc3c(-c3ccc(C)cc3)c3cc(-c4ccc(-c5cccc6c5Cc5ccccc5-6)s4)ccc23)CC1. The van der Waals surface area contributed by atoms with Crippen LogP contribution < -0.4 is 0 Å². The van der Waals surface area contributed by atoms with Gasteiger partial charge in [0.15, 0.2) is 0 Å². The average molecular weight is 607 g/mol. The number of benzene rings is 6. The van der Waals surface area contributed by atoms with E-state index in [9.17, 15) is 0 Å². The Balaban J connectivity index is 1.24. The van der Waals surface area contributed by atoms with E-state index in [4.69, 9.17) is 0 Å². The number of hydrogen-bond donors (Lipinski definition) is 0. The standard InChI is InChI=1S/C45H34S/c1-28-14-18-30(19-15-28)44-37-10-5-6-11-38(37)45(31-20-16-29(2)17-21-31)41-27-33(22-23-39(41)44)42-24-25-43(46-42)36-13-7-12-35-34-9-4-3-8-32(34)26-40(35)36/h3-14,16-18,20-25,27H,15,19,26H2,1-2H3. The van der Waals surface area contributed by atoms with E-state index in [2.05, 4.69) is 147 Å². The lowest BCUT2D eigenvalue weighted by Crippen LogP contribution is -1.97. The molecule has 7 aromatic rings. The lowest BCUT2D eigenvalue weighted by atomic mass is 9.82. The molecule has 46 heavy (non-hydrogen) atoms. The fraction of sp³-hybridized carbons (Fsp3) is 0.111. The highest BCUT2D eigenvalue weighted by Crippen LogP contribution is 2.47. The Morgan fingerprint density at radius 1 is 0.500 bits per heavy atom. The maximum Gasteiger partial charge on any atom is 0.0352 e. The molecule has 0 radical (unpaired) electrons. The normalized spacial score (nSPS) is 13.9. The van der Waals surface area contributed by atoms with Gasteiger partial charge in [0.1, 0.15) is 0 Å². The first-order chi connectivity index (χ1) is 22.6. The molecule has 1 heterocycles. The Bertz CT molecular complexity index is 2390. The van der Waals surface area contributed by atoms with Crippen LogP contribution in [-0.2, 0) is 6.42 Å². The van der Waals surface area contributed by atoms with Gasteiger partial charge in [-0.3, -0.25) is 0 Å². The summed E-state index contributed by atoms with van der Waals surface area (Å²) in [6.07, 6.45) is 7.87. The number of aryl methyl sites for hydroxylation is 1. The third-order valence-corrected chi connectivity index (χ3v) is 11.2. The molecule has 220 valence electrons. The predicted molar refractivity (Wildman–Crippen MR) is 200 cm³/mol. The minimum atomic E-state index is 1.01. The van der Waals surface area contributed by atoms with Crippen molar-refractivity contribution in [2.75, 3.05) is 0 Å². The van der Waals surface area contributed by atoms with Crippen LogP contribution in [0.4, 0.5) is 0 Å². The lowest BCUT2D eigenvalue weighted by molar-refractivity contribution is 0.979. The van der Waals surface area contributed by atoms with Crippen LogP contribution >= 0.6 is 11.3 Å². The fourth-order valence-corrected chi connectivity index (χ4v) is 8.74. The highest BCUT2D eigenvalue weighted by Gasteiger charge is 2.23. The molecule has 1 heteroatoms. The van der Waals surface area contributed by atoms with Crippen molar-refractivity contribution in [3.8, 4) is 43.1 Å². The van der Waals surface area contributed by atoms with Crippen LogP contribution in [0.3, 0.4) is 0 Å². The van der Waals surface area contributed by atoms with E-state index in [1.54, 1.807) is 0 Å². The molecule has 0 bridgehead atoms. The molecule has 0 saturated heterocycles. The molecule has 0 spiro atoms. The van der Waals surface area contributed by atoms with Crippen molar-refractivity contribution in [2.24, 2.45) is 0 Å². The van der Waals surface area contributed by atoms with Crippen molar-refractivity contribution in [3.63, 3.8) is 0 Å². The molecular weight excluding hydrogens is 573 g/mol. The Morgan fingerprint density at radius 3 is 2.02 bits per heavy atom. The molecule has 9 rings (SSSR count). The van der Waals surface area contributed by atoms with Crippen LogP contribution in [0, 0.1) is 6.92 Å². The Morgan fingerprint density at radius 2 is 1.20 bits per heavy atom. The Labute approximate surface area is 275 Å². The quantitative estimate of drug-likeness (QED) is 0.175. The summed E-state index contributed by atoms with van der Waals surface area (Å²) in [5.74, 6) is 0. The number of allylic oxidation sites excluding steroid dienone is 4. The zero-order chi connectivity index (χ0) is 30.8. The first kappa shape index (κ1) is 27.3. The van der Waals surface area contributed by atoms with Gasteiger partial charge in [-0.1, -0.05) is 126 Å². The zero-order valence-corrected chi connectivity index (χ0v) is 27.0. The number of hydrogen-bond acceptors (Lipinski definition) is 1. The second-order valence-electron chi connectivity index (χ2n) is 13.0. The monoisotopic (exact) mass is 606 g/mol. The van der Waals surface area contributed by atoms with Gasteiger partial charge in [0.25, 0.3) is 0 Å². The molecule has 0 amide bonds. The van der Waals surface area contributed by atoms with E-state index in [1.165, 1.54) is 98.1 Å². The summed E-state index contributed by atoms with van der Waals surface area (Å²) in [5.41, 5.74) is 16.5. The van der Waals surface area contributed by atoms with E-state index in [-0.39, 0.29) is 0 Å². The first-order valence-corrected chi connectivity index (χ1v) is 17.2. The van der Waals surface area contributed by atoms with E-state index < -0.39 is 0 Å². The Hall–Kier alpha value is -4.98. The van der Waals surface area contributed by atoms with Crippen molar-refractivity contribution in [1.82, 2.24) is 0 Å². The smallest absolute Gasteiger partial charge is 0.0352 e. The minimum absolute atomic E-state index is 1.01. The summed E-state index contributed by atoms with van der Waals surface area (Å²) in [6, 6.07) is 45.7. The van der Waals surface area contributed by atoms with Crippen LogP contribution in [0.2, 0.25) is 0 Å². The van der Waals surface area contributed by atoms with Crippen molar-refractivity contribution >= 4 is 38.5 Å². The van der Waals surface area contributed by atoms with Crippen molar-refractivity contribution in [2.45, 2.75) is 33.1 Å². The molecule has 0 unspecified atom stereocenters. The molecule has 0 N–H and O–H groups in total. The van der Waals surface area contributed by atoms with E-state index in [1.807, 2.05) is 11.3 Å². The largest absolute Gasteiger partial charge is 0.135 e. The van der Waals surface area contributed by atoms with Gasteiger partial charge in [0.2, 0.25) is 0 Å². The van der Waals surface area contributed by atoms with Gasteiger partial charge in [-0.05, 0) is 128 Å². The minimum Gasteiger partial charge on any atom is -0.135 e. The van der Waals surface area contributed by atoms with Crippen molar-refractivity contribution < 1.29 is 0 Å². The summed E-state index contributed by atoms with van der Waals surface area (Å²) in [7, 11) is 0. The van der Waals surface area contributed by atoms with Gasteiger partial charge < -0.3 is 0 Å². The number of rotatable bonds is 4. The van der Waals surface area contributed by atoms with Gasteiger partial charge in [0, 0.05) is 9.75 Å². The fourth-order valence-electron chi connectivity index (χ4n) is 7.68. The Kier molecular flexibility index (Phi) is 6.43. The molecule has 2 aliphatic rings. The maximum absolute atomic E-state index is 2.46. The molecule has 0 aliphatic heterocycles. The molecule has 0 fully saturated rings. The van der Waals surface area contributed by atoms with Gasteiger partial charge in [-0.25, -0.2) is 0 Å². The summed E-state index contributed by atoms with van der Waals surface area (Å²) < 4.78 is 0. The van der Waals surface area contributed by atoms with Gasteiger partial charge in [0.05, 0.1) is 0 Å². The van der Waals surface area contributed by atoms with Gasteiger partial charge >= 0.3 is 0 Å². The van der Waals surface area contributed by atoms with Crippen LogP contribution in [0.15, 0.2) is 139 Å². The third-order valence-electron chi connectivity index (χ3n) is 10.0. The third kappa shape index (κ3) is 4.42. The zero-order valence-electron chi connectivity index (χ0n) is 26.2. The molecular formula is C45H34S. The van der Waals surface area contributed by atoms with E-state index in [0.29, 0.717) is 0 Å². The summed E-state index contributed by atoms with van der Waals surface area (Å²) in [5, 5.41) is 5.33. The molecule has 2 aliphatic carbocycles. The second kappa shape index (κ2) is 10.8. The molecule has 6 aromatic carbocycles. The first-order valence-electron chi connectivity index (χ1n) is 16.4. The van der Waals surface area contributed by atoms with Crippen LogP contribution in [0.25, 0.3) is 70.3 Å². The molecule has 1 aromatic heterocycles.